The van der Waals surface area contributed by atoms with E-state index in [-0.39, 0.29) is 18.4 Å². The molecule has 150 valence electrons. The number of hydrogen-bond acceptors (Lipinski definition) is 4. The lowest BCUT2D eigenvalue weighted by Gasteiger charge is -2.42. The van der Waals surface area contributed by atoms with E-state index in [1.165, 1.54) is 31.5 Å². The zero-order valence-corrected chi connectivity index (χ0v) is 16.5. The third-order valence-electron chi connectivity index (χ3n) is 6.09. The molecule has 2 saturated heterocycles. The Bertz CT molecular complexity index is 558. The molecule has 0 aromatic heterocycles. The maximum absolute atomic E-state index is 12.3. The summed E-state index contributed by atoms with van der Waals surface area (Å²) in [6.07, 6.45) is 6.32. The van der Waals surface area contributed by atoms with Gasteiger partial charge < -0.3 is 15.3 Å². The number of piperidine rings is 2. The van der Waals surface area contributed by atoms with E-state index in [4.69, 9.17) is 5.11 Å². The second kappa shape index (κ2) is 10.8. The van der Waals surface area contributed by atoms with Gasteiger partial charge in [0.1, 0.15) is 0 Å². The molecule has 2 N–H and O–H groups in total. The fraction of sp³-hybridized carbons (Fsp3) is 0.682. The van der Waals surface area contributed by atoms with E-state index in [9.17, 15) is 4.79 Å². The highest BCUT2D eigenvalue weighted by Crippen LogP contribution is 2.24. The number of hydrogen-bond donors (Lipinski definition) is 2. The van der Waals surface area contributed by atoms with Crippen molar-refractivity contribution in [2.24, 2.45) is 5.92 Å². The third kappa shape index (κ3) is 6.30. The van der Waals surface area contributed by atoms with Crippen molar-refractivity contribution in [1.29, 1.82) is 0 Å². The lowest BCUT2D eigenvalue weighted by atomic mass is 9.93. The van der Waals surface area contributed by atoms with Crippen molar-refractivity contribution in [3.8, 4) is 0 Å². The summed E-state index contributed by atoms with van der Waals surface area (Å²) in [5.41, 5.74) is 1.42. The summed E-state index contributed by atoms with van der Waals surface area (Å²) in [7, 11) is 0. The first-order valence-electron chi connectivity index (χ1n) is 10.6. The van der Waals surface area contributed by atoms with Crippen LogP contribution < -0.4 is 5.32 Å². The van der Waals surface area contributed by atoms with Crippen LogP contribution in [0.15, 0.2) is 30.3 Å². The number of rotatable bonds is 8. The fourth-order valence-electron chi connectivity index (χ4n) is 4.43. The monoisotopic (exact) mass is 373 g/mol. The predicted molar refractivity (Wildman–Crippen MR) is 109 cm³/mol. The Kier molecular flexibility index (Phi) is 8.11. The van der Waals surface area contributed by atoms with E-state index in [1.54, 1.807) is 0 Å². The van der Waals surface area contributed by atoms with Crippen LogP contribution in [0.1, 0.15) is 37.7 Å². The number of nitrogens with one attached hydrogen (secondary N) is 1. The van der Waals surface area contributed by atoms with Crippen molar-refractivity contribution in [1.82, 2.24) is 15.1 Å². The van der Waals surface area contributed by atoms with Crippen LogP contribution in [0.2, 0.25) is 0 Å². The molecule has 1 aromatic carbocycles. The van der Waals surface area contributed by atoms with E-state index >= 15 is 0 Å². The standard InChI is InChI=1S/C22H35N3O2/c26-17-5-12-23-22(27)20-8-4-13-25(18-20)21-10-15-24(16-11-21)14-9-19-6-2-1-3-7-19/h1-3,6-7,20-21,26H,4-5,8-18H2,(H,23,27)/t20-/m1/s1. The van der Waals surface area contributed by atoms with E-state index in [1.807, 2.05) is 0 Å². The number of amides is 1. The van der Waals surface area contributed by atoms with E-state index in [0.29, 0.717) is 19.0 Å². The number of carbonyl (C=O) groups excluding carboxylic acids is 1. The lowest BCUT2D eigenvalue weighted by Crippen LogP contribution is -2.51. The van der Waals surface area contributed by atoms with Crippen LogP contribution in [0.3, 0.4) is 0 Å². The molecule has 0 unspecified atom stereocenters. The second-order valence-electron chi connectivity index (χ2n) is 8.01. The summed E-state index contributed by atoms with van der Waals surface area (Å²) in [5, 5.41) is 11.8. The topological polar surface area (TPSA) is 55.8 Å². The minimum Gasteiger partial charge on any atom is -0.396 e. The van der Waals surface area contributed by atoms with Crippen LogP contribution in [0.25, 0.3) is 0 Å². The molecule has 3 rings (SSSR count). The molecule has 0 spiro atoms. The van der Waals surface area contributed by atoms with Crippen LogP contribution >= 0.6 is 0 Å². The highest BCUT2D eigenvalue weighted by atomic mass is 16.3. The summed E-state index contributed by atoms with van der Waals surface area (Å²) in [6.45, 7) is 6.25. The average molecular weight is 374 g/mol. The molecular formula is C22H35N3O2. The molecular weight excluding hydrogens is 338 g/mol. The summed E-state index contributed by atoms with van der Waals surface area (Å²) < 4.78 is 0. The maximum Gasteiger partial charge on any atom is 0.224 e. The van der Waals surface area contributed by atoms with Crippen LogP contribution in [0, 0.1) is 5.92 Å². The van der Waals surface area contributed by atoms with E-state index < -0.39 is 0 Å². The molecule has 1 amide bonds. The van der Waals surface area contributed by atoms with Gasteiger partial charge in [0.05, 0.1) is 5.92 Å². The zero-order chi connectivity index (χ0) is 18.9. The van der Waals surface area contributed by atoms with Crippen molar-refractivity contribution < 1.29 is 9.90 Å². The highest BCUT2D eigenvalue weighted by molar-refractivity contribution is 5.78. The van der Waals surface area contributed by atoms with Gasteiger partial charge in [0, 0.05) is 32.3 Å². The molecule has 2 aliphatic rings. The Balaban J connectivity index is 1.39. The Morgan fingerprint density at radius 2 is 1.89 bits per heavy atom. The fourth-order valence-corrected chi connectivity index (χ4v) is 4.43. The van der Waals surface area contributed by atoms with Crippen LogP contribution in [-0.2, 0) is 11.2 Å². The van der Waals surface area contributed by atoms with Crippen molar-refractivity contribution in [3.05, 3.63) is 35.9 Å². The summed E-state index contributed by atoms with van der Waals surface area (Å²) >= 11 is 0. The number of aliphatic hydroxyl groups excluding tert-OH is 1. The normalized spacial score (nSPS) is 22.6. The van der Waals surface area contributed by atoms with Gasteiger partial charge in [0.2, 0.25) is 5.91 Å². The maximum atomic E-state index is 12.3. The number of aliphatic hydroxyl groups is 1. The number of benzene rings is 1. The minimum absolute atomic E-state index is 0.119. The van der Waals surface area contributed by atoms with Gasteiger partial charge in [-0.25, -0.2) is 0 Å². The molecule has 0 aliphatic carbocycles. The Labute approximate surface area is 163 Å². The molecule has 0 saturated carbocycles. The third-order valence-corrected chi connectivity index (χ3v) is 6.09. The smallest absolute Gasteiger partial charge is 0.224 e. The number of likely N-dealkylation sites (tertiary alicyclic amines) is 2. The minimum atomic E-state index is 0.119. The van der Waals surface area contributed by atoms with Gasteiger partial charge in [-0.15, -0.1) is 0 Å². The second-order valence-corrected chi connectivity index (χ2v) is 8.01. The molecule has 0 bridgehead atoms. The molecule has 1 atom stereocenters. The van der Waals surface area contributed by atoms with Gasteiger partial charge in [-0.05, 0) is 63.7 Å². The molecule has 0 radical (unpaired) electrons. The van der Waals surface area contributed by atoms with Gasteiger partial charge >= 0.3 is 0 Å². The molecule has 27 heavy (non-hydrogen) atoms. The van der Waals surface area contributed by atoms with Crippen LogP contribution in [0.5, 0.6) is 0 Å². The van der Waals surface area contributed by atoms with E-state index in [0.717, 1.165) is 38.9 Å². The van der Waals surface area contributed by atoms with Crippen LogP contribution in [-0.4, -0.2) is 72.7 Å². The largest absolute Gasteiger partial charge is 0.396 e. The quantitative estimate of drug-likeness (QED) is 0.684. The van der Waals surface area contributed by atoms with Crippen LogP contribution in [0.4, 0.5) is 0 Å². The van der Waals surface area contributed by atoms with Gasteiger partial charge in [-0.1, -0.05) is 30.3 Å². The Hall–Kier alpha value is -1.43. The molecule has 2 heterocycles. The average Bonchev–Trinajstić information content (AvgIpc) is 2.73. The first-order valence-corrected chi connectivity index (χ1v) is 10.6. The molecule has 2 fully saturated rings. The van der Waals surface area contributed by atoms with Crippen molar-refractivity contribution in [2.45, 2.75) is 44.6 Å². The lowest BCUT2D eigenvalue weighted by molar-refractivity contribution is -0.127. The SMILES string of the molecule is O=C(NCCCO)[C@@H]1CCCN(C2CCN(CCc3ccccc3)CC2)C1. The number of carbonyl (C=O) groups is 1. The predicted octanol–water partition coefficient (Wildman–Crippen LogP) is 1.90. The number of nitrogens with zero attached hydrogens (tertiary/aromatic N) is 2. The summed E-state index contributed by atoms with van der Waals surface area (Å²) in [6, 6.07) is 11.4. The summed E-state index contributed by atoms with van der Waals surface area (Å²) in [5.74, 6) is 0.294. The highest BCUT2D eigenvalue weighted by Gasteiger charge is 2.31. The van der Waals surface area contributed by atoms with Crippen molar-refractivity contribution in [2.75, 3.05) is 45.9 Å². The molecule has 2 aliphatic heterocycles. The van der Waals surface area contributed by atoms with Gasteiger partial charge in [-0.2, -0.15) is 0 Å². The zero-order valence-electron chi connectivity index (χ0n) is 16.5. The molecule has 1 aromatic rings. The van der Waals surface area contributed by atoms with E-state index in [2.05, 4.69) is 45.4 Å². The van der Waals surface area contributed by atoms with Crippen molar-refractivity contribution in [3.63, 3.8) is 0 Å². The Morgan fingerprint density at radius 3 is 2.63 bits per heavy atom. The first kappa shape index (κ1) is 20.3. The first-order chi connectivity index (χ1) is 13.3. The van der Waals surface area contributed by atoms with Gasteiger partial charge in [-0.3, -0.25) is 9.69 Å². The molecule has 5 heteroatoms. The van der Waals surface area contributed by atoms with Crippen molar-refractivity contribution >= 4 is 5.91 Å². The Morgan fingerprint density at radius 1 is 1.11 bits per heavy atom. The van der Waals surface area contributed by atoms with Gasteiger partial charge in [0.15, 0.2) is 0 Å². The molecule has 5 nitrogen and oxygen atoms in total. The van der Waals surface area contributed by atoms with Gasteiger partial charge in [0.25, 0.3) is 0 Å². The summed E-state index contributed by atoms with van der Waals surface area (Å²) in [4.78, 5) is 17.5.